The Balaban J connectivity index is 3.15. The quantitative estimate of drug-likeness (QED) is 0.588. The number of likely N-dealkylation sites (tertiary alicyclic amines) is 1. The topological polar surface area (TPSA) is 72.9 Å². The summed E-state index contributed by atoms with van der Waals surface area (Å²) in [7, 11) is 0. The first-order chi connectivity index (χ1) is 9.68. The van der Waals surface area contributed by atoms with Crippen molar-refractivity contribution in [2.24, 2.45) is 0 Å². The van der Waals surface area contributed by atoms with E-state index in [-0.39, 0.29) is 25.9 Å². The van der Waals surface area contributed by atoms with E-state index >= 15 is 0 Å². The predicted molar refractivity (Wildman–Crippen MR) is 76.5 cm³/mol. The molecular formula is C15H23NO5. The van der Waals surface area contributed by atoms with Crippen LogP contribution in [0.1, 0.15) is 47.0 Å². The molecule has 0 N–H and O–H groups in total. The average Bonchev–Trinajstić information content (AvgIpc) is 2.66. The Hall–Kier alpha value is -1.85. The summed E-state index contributed by atoms with van der Waals surface area (Å²) in [5, 5.41) is 0. The van der Waals surface area contributed by atoms with Gasteiger partial charge in [0, 0.05) is 6.42 Å². The highest BCUT2D eigenvalue weighted by molar-refractivity contribution is 6.02. The van der Waals surface area contributed by atoms with Crippen molar-refractivity contribution >= 4 is 18.0 Å². The summed E-state index contributed by atoms with van der Waals surface area (Å²) in [4.78, 5) is 37.6. The second-order valence-corrected chi connectivity index (χ2v) is 5.95. The van der Waals surface area contributed by atoms with Crippen molar-refractivity contribution in [3.05, 3.63) is 12.7 Å². The lowest BCUT2D eigenvalue weighted by atomic mass is 9.92. The van der Waals surface area contributed by atoms with Gasteiger partial charge in [0.2, 0.25) is 5.91 Å². The second-order valence-electron chi connectivity index (χ2n) is 5.95. The van der Waals surface area contributed by atoms with E-state index in [0.29, 0.717) is 0 Å². The molecule has 1 rings (SSSR count). The van der Waals surface area contributed by atoms with Gasteiger partial charge in [-0.1, -0.05) is 6.08 Å². The van der Waals surface area contributed by atoms with Crippen LogP contribution in [0.25, 0.3) is 0 Å². The fraction of sp³-hybridized carbons (Fsp3) is 0.667. The van der Waals surface area contributed by atoms with Crippen LogP contribution in [0, 0.1) is 0 Å². The Morgan fingerprint density at radius 1 is 1.43 bits per heavy atom. The maximum absolute atomic E-state index is 12.3. The smallest absolute Gasteiger partial charge is 0.418 e. The van der Waals surface area contributed by atoms with Crippen molar-refractivity contribution in [3.63, 3.8) is 0 Å². The Kier molecular flexibility index (Phi) is 5.15. The molecule has 0 bridgehead atoms. The van der Waals surface area contributed by atoms with Crippen LogP contribution in [-0.4, -0.2) is 40.6 Å². The molecule has 1 aliphatic rings. The predicted octanol–water partition coefficient (Wildman–Crippen LogP) is 2.42. The molecule has 1 fully saturated rings. The van der Waals surface area contributed by atoms with Crippen molar-refractivity contribution in [2.75, 3.05) is 6.61 Å². The first-order valence-corrected chi connectivity index (χ1v) is 7.02. The summed E-state index contributed by atoms with van der Waals surface area (Å²) in [6.07, 6.45) is 1.16. The Morgan fingerprint density at radius 2 is 2.05 bits per heavy atom. The third-order valence-electron chi connectivity index (χ3n) is 3.14. The van der Waals surface area contributed by atoms with Gasteiger partial charge in [-0.25, -0.2) is 14.5 Å². The maximum Gasteiger partial charge on any atom is 0.418 e. The number of esters is 1. The van der Waals surface area contributed by atoms with E-state index in [4.69, 9.17) is 9.47 Å². The van der Waals surface area contributed by atoms with Crippen LogP contribution in [0.15, 0.2) is 12.7 Å². The van der Waals surface area contributed by atoms with E-state index in [1.165, 1.54) is 6.08 Å². The van der Waals surface area contributed by atoms with Crippen molar-refractivity contribution in [1.82, 2.24) is 4.90 Å². The van der Waals surface area contributed by atoms with Crippen molar-refractivity contribution in [2.45, 2.75) is 58.1 Å². The molecule has 0 aliphatic carbocycles. The molecule has 0 spiro atoms. The van der Waals surface area contributed by atoms with Crippen molar-refractivity contribution in [3.8, 4) is 0 Å². The number of carbonyl (C=O) groups excluding carboxylic acids is 3. The average molecular weight is 297 g/mol. The number of carbonyl (C=O) groups is 3. The molecule has 1 aliphatic heterocycles. The maximum atomic E-state index is 12.3. The Labute approximate surface area is 125 Å². The van der Waals surface area contributed by atoms with Gasteiger partial charge in [-0.15, -0.1) is 6.58 Å². The molecule has 2 amide bonds. The summed E-state index contributed by atoms with van der Waals surface area (Å²) < 4.78 is 10.3. The van der Waals surface area contributed by atoms with Crippen LogP contribution < -0.4 is 0 Å². The minimum absolute atomic E-state index is 0.103. The number of nitrogens with zero attached hydrogens (tertiary/aromatic N) is 1. The van der Waals surface area contributed by atoms with E-state index in [1.54, 1.807) is 27.7 Å². The minimum atomic E-state index is -1.34. The van der Waals surface area contributed by atoms with E-state index in [9.17, 15) is 14.4 Å². The number of ether oxygens (including phenoxy) is 2. The number of rotatable bonds is 4. The fourth-order valence-electron chi connectivity index (χ4n) is 2.33. The highest BCUT2D eigenvalue weighted by Gasteiger charge is 2.55. The summed E-state index contributed by atoms with van der Waals surface area (Å²) in [5.41, 5.74) is -2.09. The van der Waals surface area contributed by atoms with Crippen molar-refractivity contribution in [1.29, 1.82) is 0 Å². The fourth-order valence-corrected chi connectivity index (χ4v) is 2.33. The van der Waals surface area contributed by atoms with Gasteiger partial charge in [-0.05, 0) is 40.5 Å². The van der Waals surface area contributed by atoms with Crippen LogP contribution in [0.4, 0.5) is 4.79 Å². The largest absolute Gasteiger partial charge is 0.464 e. The van der Waals surface area contributed by atoms with Gasteiger partial charge in [-0.2, -0.15) is 0 Å². The lowest BCUT2D eigenvalue weighted by Crippen LogP contribution is -2.56. The van der Waals surface area contributed by atoms with E-state index in [2.05, 4.69) is 6.58 Å². The summed E-state index contributed by atoms with van der Waals surface area (Å²) in [6.45, 7) is 10.6. The summed E-state index contributed by atoms with van der Waals surface area (Å²) in [6, 6.07) is 0. The molecule has 0 aromatic carbocycles. The first-order valence-electron chi connectivity index (χ1n) is 7.02. The third-order valence-corrected chi connectivity index (χ3v) is 3.14. The van der Waals surface area contributed by atoms with Gasteiger partial charge >= 0.3 is 12.1 Å². The zero-order chi connectivity index (χ0) is 16.3. The highest BCUT2D eigenvalue weighted by Crippen LogP contribution is 2.36. The van der Waals surface area contributed by atoms with Crippen molar-refractivity contribution < 1.29 is 23.9 Å². The van der Waals surface area contributed by atoms with Gasteiger partial charge in [0.15, 0.2) is 5.54 Å². The summed E-state index contributed by atoms with van der Waals surface area (Å²) in [5.74, 6) is -1.03. The number of imide groups is 1. The number of amides is 2. The lowest BCUT2D eigenvalue weighted by molar-refractivity contribution is -0.158. The molecule has 1 heterocycles. The Morgan fingerprint density at radius 3 is 2.52 bits per heavy atom. The number of hydrogen-bond donors (Lipinski definition) is 0. The summed E-state index contributed by atoms with van der Waals surface area (Å²) >= 11 is 0. The zero-order valence-corrected chi connectivity index (χ0v) is 13.1. The SMILES string of the molecule is C=CCC1(C(=O)OCC)CCC(=O)N1C(=O)OC(C)(C)C. The Bertz CT molecular complexity index is 451. The molecule has 0 aromatic rings. The normalized spacial score (nSPS) is 22.1. The molecule has 1 atom stereocenters. The van der Waals surface area contributed by atoms with Crippen LogP contribution in [0.5, 0.6) is 0 Å². The van der Waals surface area contributed by atoms with Gasteiger partial charge in [0.1, 0.15) is 5.60 Å². The molecule has 0 radical (unpaired) electrons. The molecule has 6 heteroatoms. The third kappa shape index (κ3) is 3.62. The molecule has 1 saturated heterocycles. The zero-order valence-electron chi connectivity index (χ0n) is 13.1. The minimum Gasteiger partial charge on any atom is -0.464 e. The van der Waals surface area contributed by atoms with E-state index < -0.39 is 29.1 Å². The van der Waals surface area contributed by atoms with E-state index in [1.807, 2.05) is 0 Å². The molecular weight excluding hydrogens is 274 g/mol. The monoisotopic (exact) mass is 297 g/mol. The number of hydrogen-bond acceptors (Lipinski definition) is 5. The molecule has 118 valence electrons. The van der Waals surface area contributed by atoms with Gasteiger partial charge in [0.25, 0.3) is 0 Å². The molecule has 0 aromatic heterocycles. The first kappa shape index (κ1) is 17.2. The van der Waals surface area contributed by atoms with Gasteiger partial charge in [-0.3, -0.25) is 4.79 Å². The van der Waals surface area contributed by atoms with E-state index in [0.717, 1.165) is 4.90 Å². The van der Waals surface area contributed by atoms with Crippen LogP contribution >= 0.6 is 0 Å². The second kappa shape index (κ2) is 6.28. The van der Waals surface area contributed by atoms with Crippen LogP contribution in [-0.2, 0) is 19.1 Å². The lowest BCUT2D eigenvalue weighted by Gasteiger charge is -2.34. The van der Waals surface area contributed by atoms with Crippen LogP contribution in [0.2, 0.25) is 0 Å². The van der Waals surface area contributed by atoms with Gasteiger partial charge < -0.3 is 9.47 Å². The van der Waals surface area contributed by atoms with Gasteiger partial charge in [0.05, 0.1) is 6.61 Å². The molecule has 6 nitrogen and oxygen atoms in total. The van der Waals surface area contributed by atoms with Crippen LogP contribution in [0.3, 0.4) is 0 Å². The standard InChI is InChI=1S/C15H23NO5/c1-6-9-15(12(18)20-7-2)10-8-11(17)16(15)13(19)21-14(3,4)5/h6H,1,7-10H2,2-5H3. The molecule has 21 heavy (non-hydrogen) atoms. The molecule has 1 unspecified atom stereocenters. The molecule has 0 saturated carbocycles. The highest BCUT2D eigenvalue weighted by atomic mass is 16.6.